The Bertz CT molecular complexity index is 917. The van der Waals surface area contributed by atoms with Crippen LogP contribution in [0.2, 0.25) is 0 Å². The Morgan fingerprint density at radius 2 is 2.07 bits per heavy atom. The number of benzene rings is 1. The van der Waals surface area contributed by atoms with Crippen LogP contribution in [-0.2, 0) is 4.74 Å². The van der Waals surface area contributed by atoms with Crippen LogP contribution in [0.15, 0.2) is 47.6 Å². The first-order valence-electron chi connectivity index (χ1n) is 10.8. The van der Waals surface area contributed by atoms with Crippen LogP contribution >= 0.6 is 11.8 Å². The number of fused-ring (bicyclic) bond motifs is 1. The molecule has 0 amide bonds. The Balaban J connectivity index is 1.54. The second kappa shape index (κ2) is 8.47. The minimum Gasteiger partial charge on any atom is -0.493 e. The van der Waals surface area contributed by atoms with E-state index in [4.69, 9.17) is 14.5 Å². The summed E-state index contributed by atoms with van der Waals surface area (Å²) in [7, 11) is 0. The Morgan fingerprint density at radius 1 is 1.20 bits per heavy atom. The predicted octanol–water partition coefficient (Wildman–Crippen LogP) is 3.91. The maximum absolute atomic E-state index is 6.18. The molecule has 0 bridgehead atoms. The number of aliphatic imine (C=N–C) groups is 1. The standard InChI is InChI=1S/C23H28N4O2S/c1-3-29-20-14-17(26-10-12-28-13-11-26)7-8-18(20)22-21(19-6-4-5-9-24-19)25-23-27(22)15-16(2)30-23/h4-9,14,16,21-22H,3,10-13,15H2,1-2H3. The van der Waals surface area contributed by atoms with Crippen molar-refractivity contribution in [3.05, 3.63) is 53.9 Å². The summed E-state index contributed by atoms with van der Waals surface area (Å²) in [4.78, 5) is 14.6. The highest BCUT2D eigenvalue weighted by Gasteiger charge is 2.44. The average molecular weight is 425 g/mol. The number of thioether (sulfide) groups is 1. The predicted molar refractivity (Wildman–Crippen MR) is 122 cm³/mol. The number of aromatic nitrogens is 1. The number of hydrogen-bond acceptors (Lipinski definition) is 7. The number of hydrogen-bond donors (Lipinski definition) is 0. The van der Waals surface area contributed by atoms with E-state index >= 15 is 0 Å². The highest BCUT2D eigenvalue weighted by atomic mass is 32.2. The second-order valence-corrected chi connectivity index (χ2v) is 9.30. The Morgan fingerprint density at radius 3 is 2.83 bits per heavy atom. The fourth-order valence-electron chi connectivity index (χ4n) is 4.52. The normalized spacial score (nSPS) is 25.9. The molecule has 6 nitrogen and oxygen atoms in total. The number of pyridine rings is 1. The Hall–Kier alpha value is -2.25. The van der Waals surface area contributed by atoms with Gasteiger partial charge in [-0.05, 0) is 25.1 Å². The quantitative estimate of drug-likeness (QED) is 0.726. The van der Waals surface area contributed by atoms with E-state index in [-0.39, 0.29) is 12.1 Å². The van der Waals surface area contributed by atoms with Crippen LogP contribution < -0.4 is 9.64 Å². The average Bonchev–Trinajstić information content (AvgIpc) is 3.31. The van der Waals surface area contributed by atoms with Gasteiger partial charge in [-0.15, -0.1) is 0 Å². The van der Waals surface area contributed by atoms with Crippen molar-refractivity contribution in [1.29, 1.82) is 0 Å². The van der Waals surface area contributed by atoms with Crippen LogP contribution in [0.5, 0.6) is 5.75 Å². The van der Waals surface area contributed by atoms with Gasteiger partial charge in [0.2, 0.25) is 0 Å². The van der Waals surface area contributed by atoms with Gasteiger partial charge >= 0.3 is 0 Å². The maximum Gasteiger partial charge on any atom is 0.160 e. The molecule has 4 heterocycles. The summed E-state index contributed by atoms with van der Waals surface area (Å²) >= 11 is 1.86. The van der Waals surface area contributed by atoms with Crippen molar-refractivity contribution in [1.82, 2.24) is 9.88 Å². The molecular formula is C23H28N4O2S. The van der Waals surface area contributed by atoms with Crippen LogP contribution in [-0.4, -0.2) is 59.8 Å². The van der Waals surface area contributed by atoms with Crippen LogP contribution in [0.25, 0.3) is 0 Å². The summed E-state index contributed by atoms with van der Waals surface area (Å²) in [5, 5.41) is 1.67. The lowest BCUT2D eigenvalue weighted by Crippen LogP contribution is -2.36. The van der Waals surface area contributed by atoms with Gasteiger partial charge in [-0.3, -0.25) is 9.98 Å². The van der Waals surface area contributed by atoms with E-state index in [9.17, 15) is 0 Å². The van der Waals surface area contributed by atoms with Crippen molar-refractivity contribution in [2.24, 2.45) is 4.99 Å². The molecule has 2 saturated heterocycles. The highest BCUT2D eigenvalue weighted by molar-refractivity contribution is 8.14. The van der Waals surface area contributed by atoms with Crippen molar-refractivity contribution >= 4 is 22.6 Å². The lowest BCUT2D eigenvalue weighted by Gasteiger charge is -2.32. The molecule has 0 N–H and O–H groups in total. The van der Waals surface area contributed by atoms with Crippen molar-refractivity contribution in [2.45, 2.75) is 31.2 Å². The van der Waals surface area contributed by atoms with E-state index < -0.39 is 0 Å². The van der Waals surface area contributed by atoms with E-state index in [1.54, 1.807) is 0 Å². The van der Waals surface area contributed by atoms with E-state index in [0.29, 0.717) is 11.9 Å². The molecule has 3 aliphatic heterocycles. The third-order valence-corrected chi connectivity index (χ3v) is 6.98. The van der Waals surface area contributed by atoms with Crippen LogP contribution in [0.1, 0.15) is 37.2 Å². The number of morpholine rings is 1. The fourth-order valence-corrected chi connectivity index (χ4v) is 5.61. The molecule has 0 spiro atoms. The van der Waals surface area contributed by atoms with Crippen LogP contribution in [0.3, 0.4) is 0 Å². The summed E-state index contributed by atoms with van der Waals surface area (Å²) in [5.74, 6) is 0.952. The van der Waals surface area contributed by atoms with E-state index in [0.717, 1.165) is 49.5 Å². The van der Waals surface area contributed by atoms with Gasteiger partial charge in [0.15, 0.2) is 5.17 Å². The zero-order valence-electron chi connectivity index (χ0n) is 17.5. The number of anilines is 1. The van der Waals surface area contributed by atoms with Crippen molar-refractivity contribution in [2.75, 3.05) is 44.4 Å². The molecule has 0 saturated carbocycles. The van der Waals surface area contributed by atoms with Gasteiger partial charge in [-0.1, -0.05) is 30.8 Å². The molecule has 0 aliphatic carbocycles. The monoisotopic (exact) mass is 424 g/mol. The smallest absolute Gasteiger partial charge is 0.160 e. The third-order valence-electron chi connectivity index (χ3n) is 5.87. The van der Waals surface area contributed by atoms with E-state index in [1.807, 2.05) is 37.0 Å². The van der Waals surface area contributed by atoms with Crippen LogP contribution in [0, 0.1) is 0 Å². The minimum absolute atomic E-state index is 0.0188. The molecule has 2 fully saturated rings. The first-order chi connectivity index (χ1) is 14.7. The van der Waals surface area contributed by atoms with Gasteiger partial charge in [0.05, 0.1) is 31.6 Å². The zero-order valence-corrected chi connectivity index (χ0v) is 18.3. The van der Waals surface area contributed by atoms with Crippen molar-refractivity contribution in [3.8, 4) is 5.75 Å². The minimum atomic E-state index is -0.0188. The molecule has 3 atom stereocenters. The number of ether oxygens (including phenoxy) is 2. The molecule has 7 heteroatoms. The zero-order chi connectivity index (χ0) is 20.5. The third kappa shape index (κ3) is 3.65. The molecule has 0 radical (unpaired) electrons. The maximum atomic E-state index is 6.18. The summed E-state index contributed by atoms with van der Waals surface area (Å²) in [6.45, 7) is 9.33. The molecule has 1 aromatic carbocycles. The largest absolute Gasteiger partial charge is 0.493 e. The first kappa shape index (κ1) is 19.7. The lowest BCUT2D eigenvalue weighted by atomic mass is 9.95. The van der Waals surface area contributed by atoms with Gasteiger partial charge in [0.1, 0.15) is 11.8 Å². The molecule has 158 valence electrons. The fraction of sp³-hybridized carbons (Fsp3) is 0.478. The van der Waals surface area contributed by atoms with E-state index in [1.165, 1.54) is 11.3 Å². The Kier molecular flexibility index (Phi) is 5.56. The van der Waals surface area contributed by atoms with Crippen molar-refractivity contribution < 1.29 is 9.47 Å². The second-order valence-electron chi connectivity index (χ2n) is 7.89. The van der Waals surface area contributed by atoms with Crippen LogP contribution in [0.4, 0.5) is 5.69 Å². The Labute approximate surface area is 182 Å². The topological polar surface area (TPSA) is 50.2 Å². The van der Waals surface area contributed by atoms with Crippen molar-refractivity contribution in [3.63, 3.8) is 0 Å². The summed E-state index contributed by atoms with van der Waals surface area (Å²) in [6, 6.07) is 12.8. The van der Waals surface area contributed by atoms with Gasteiger partial charge in [-0.2, -0.15) is 0 Å². The first-order valence-corrected chi connectivity index (χ1v) is 11.6. The van der Waals surface area contributed by atoms with Gasteiger partial charge in [0.25, 0.3) is 0 Å². The highest BCUT2D eigenvalue weighted by Crippen LogP contribution is 2.50. The SMILES string of the molecule is CCOc1cc(N2CCOCC2)ccc1C1C(c2ccccn2)N=C2SC(C)CN21. The number of rotatable bonds is 5. The summed E-state index contributed by atoms with van der Waals surface area (Å²) in [5.41, 5.74) is 3.40. The molecule has 5 rings (SSSR count). The molecule has 1 aromatic heterocycles. The molecule has 3 aliphatic rings. The molecule has 2 aromatic rings. The van der Waals surface area contributed by atoms with Gasteiger partial charge < -0.3 is 19.3 Å². The summed E-state index contributed by atoms with van der Waals surface area (Å²) < 4.78 is 11.7. The van der Waals surface area contributed by atoms with Gasteiger partial charge in [-0.25, -0.2) is 0 Å². The number of amidine groups is 1. The summed E-state index contributed by atoms with van der Waals surface area (Å²) in [6.07, 6.45) is 1.86. The molecule has 3 unspecified atom stereocenters. The van der Waals surface area contributed by atoms with Gasteiger partial charge in [0, 0.05) is 48.4 Å². The van der Waals surface area contributed by atoms with E-state index in [2.05, 4.69) is 46.0 Å². The lowest BCUT2D eigenvalue weighted by molar-refractivity contribution is 0.122. The molecular weight excluding hydrogens is 396 g/mol. The molecule has 30 heavy (non-hydrogen) atoms. The number of nitrogens with zero attached hydrogens (tertiary/aromatic N) is 4.